The summed E-state index contributed by atoms with van der Waals surface area (Å²) in [5.41, 5.74) is 3.18. The molecule has 3 heteroatoms. The lowest BCUT2D eigenvalue weighted by atomic mass is 10.0. The number of rotatable bonds is 3. The van der Waals surface area contributed by atoms with Crippen LogP contribution in [0.5, 0.6) is 0 Å². The monoisotopic (exact) mass is 282 g/mol. The number of methoxy groups -OCH3 is 1. The fourth-order valence-corrected chi connectivity index (χ4v) is 1.83. The lowest BCUT2D eigenvalue weighted by Crippen LogP contribution is -1.94. The molecule has 16 heavy (non-hydrogen) atoms. The number of aliphatic hydroxyl groups excluding tert-OH is 1. The number of ether oxygens (including phenoxy) is 1. The molecule has 0 unspecified atom stereocenters. The number of halogens is 1. The quantitative estimate of drug-likeness (QED) is 0.667. The Hall–Kier alpha value is -1.22. The summed E-state index contributed by atoms with van der Waals surface area (Å²) in [6, 6.07) is 3.97. The second-order valence-electron chi connectivity index (χ2n) is 3.57. The van der Waals surface area contributed by atoms with Crippen molar-refractivity contribution in [2.75, 3.05) is 7.11 Å². The van der Waals surface area contributed by atoms with Crippen molar-refractivity contribution < 1.29 is 9.84 Å². The molecular formula is C13H15BrO2. The van der Waals surface area contributed by atoms with E-state index in [9.17, 15) is 0 Å². The van der Waals surface area contributed by atoms with Crippen LogP contribution in [0.1, 0.15) is 16.7 Å². The number of hydrogen-bond donors (Lipinski definition) is 1. The maximum absolute atomic E-state index is 9.17. The number of benzene rings is 1. The zero-order valence-electron chi connectivity index (χ0n) is 9.67. The van der Waals surface area contributed by atoms with Gasteiger partial charge in [0.15, 0.2) is 0 Å². The normalized spacial score (nSPS) is 11.4. The van der Waals surface area contributed by atoms with Gasteiger partial charge in [-0.1, -0.05) is 34.6 Å². The third-order valence-corrected chi connectivity index (χ3v) is 3.58. The minimum atomic E-state index is -0.0204. The molecule has 0 aliphatic carbocycles. The third-order valence-electron chi connectivity index (χ3n) is 2.36. The Morgan fingerprint density at radius 3 is 2.56 bits per heavy atom. The molecule has 2 nitrogen and oxygen atoms in total. The van der Waals surface area contributed by atoms with Crippen LogP contribution < -0.4 is 0 Å². The Kier molecular flexibility index (Phi) is 4.19. The second-order valence-corrected chi connectivity index (χ2v) is 4.37. The van der Waals surface area contributed by atoms with Gasteiger partial charge in [-0.2, -0.15) is 0 Å². The Bertz CT molecular complexity index is 447. The van der Waals surface area contributed by atoms with Crippen molar-refractivity contribution in [2.24, 2.45) is 0 Å². The van der Waals surface area contributed by atoms with Gasteiger partial charge in [-0.25, -0.2) is 0 Å². The number of allylic oxidation sites excluding steroid dienone is 1. The van der Waals surface area contributed by atoms with Crippen LogP contribution >= 0.6 is 15.9 Å². The van der Waals surface area contributed by atoms with Gasteiger partial charge in [0.2, 0.25) is 0 Å². The van der Waals surface area contributed by atoms with Crippen molar-refractivity contribution in [2.45, 2.75) is 13.8 Å². The summed E-state index contributed by atoms with van der Waals surface area (Å²) in [6.07, 6.45) is 1.50. The summed E-state index contributed by atoms with van der Waals surface area (Å²) < 4.78 is 6.29. The molecule has 0 spiro atoms. The van der Waals surface area contributed by atoms with E-state index in [1.165, 1.54) is 11.6 Å². The highest BCUT2D eigenvalue weighted by Crippen LogP contribution is 2.29. The van der Waals surface area contributed by atoms with E-state index in [1.807, 2.05) is 26.0 Å². The van der Waals surface area contributed by atoms with Gasteiger partial charge in [0.05, 0.1) is 7.11 Å². The minimum absolute atomic E-state index is 0.0204. The van der Waals surface area contributed by atoms with Gasteiger partial charge in [-0.05, 0) is 25.0 Å². The Labute approximate surface area is 104 Å². The molecule has 0 atom stereocenters. The summed E-state index contributed by atoms with van der Waals surface area (Å²) in [7, 11) is 1.57. The molecule has 0 heterocycles. The Morgan fingerprint density at radius 2 is 2.06 bits per heavy atom. The van der Waals surface area contributed by atoms with Crippen LogP contribution in [0.4, 0.5) is 0 Å². The van der Waals surface area contributed by atoms with Gasteiger partial charge >= 0.3 is 0 Å². The summed E-state index contributed by atoms with van der Waals surface area (Å²) >= 11 is 3.53. The predicted molar refractivity (Wildman–Crippen MR) is 70.4 cm³/mol. The number of aliphatic hydroxyl groups is 1. The van der Waals surface area contributed by atoms with Gasteiger partial charge in [0, 0.05) is 16.1 Å². The van der Waals surface area contributed by atoms with E-state index in [0.29, 0.717) is 5.76 Å². The molecule has 0 radical (unpaired) electrons. The molecule has 1 aromatic rings. The van der Waals surface area contributed by atoms with E-state index < -0.39 is 0 Å². The van der Waals surface area contributed by atoms with Crippen molar-refractivity contribution in [3.05, 3.63) is 51.7 Å². The number of aryl methyl sites for hydroxylation is 1. The van der Waals surface area contributed by atoms with E-state index in [2.05, 4.69) is 22.5 Å². The van der Waals surface area contributed by atoms with Crippen LogP contribution in [0.3, 0.4) is 0 Å². The van der Waals surface area contributed by atoms with E-state index >= 15 is 0 Å². The molecule has 1 N–H and O–H groups in total. The maximum atomic E-state index is 9.17. The molecule has 0 saturated carbocycles. The lowest BCUT2D eigenvalue weighted by Gasteiger charge is -2.12. The van der Waals surface area contributed by atoms with Gasteiger partial charge in [0.25, 0.3) is 0 Å². The summed E-state index contributed by atoms with van der Waals surface area (Å²) in [4.78, 5) is 0. The van der Waals surface area contributed by atoms with Gasteiger partial charge in [-0.15, -0.1) is 0 Å². The van der Waals surface area contributed by atoms with E-state index in [1.54, 1.807) is 7.11 Å². The zero-order chi connectivity index (χ0) is 12.3. The molecule has 0 amide bonds. The summed E-state index contributed by atoms with van der Waals surface area (Å²) in [5.74, 6) is 0.582. The van der Waals surface area contributed by atoms with E-state index in [4.69, 9.17) is 9.84 Å². The third kappa shape index (κ3) is 2.67. The van der Waals surface area contributed by atoms with Crippen LogP contribution in [0.15, 0.2) is 35.0 Å². The molecular weight excluding hydrogens is 268 g/mol. The van der Waals surface area contributed by atoms with E-state index in [-0.39, 0.29) is 5.76 Å². The lowest BCUT2D eigenvalue weighted by molar-refractivity contribution is 0.364. The minimum Gasteiger partial charge on any atom is -0.508 e. The largest absolute Gasteiger partial charge is 0.508 e. The highest BCUT2D eigenvalue weighted by atomic mass is 79.9. The van der Waals surface area contributed by atoms with E-state index in [0.717, 1.165) is 15.6 Å². The first kappa shape index (κ1) is 12.8. The summed E-state index contributed by atoms with van der Waals surface area (Å²) in [5, 5.41) is 9.17. The first-order valence-corrected chi connectivity index (χ1v) is 5.66. The van der Waals surface area contributed by atoms with Gasteiger partial charge < -0.3 is 9.84 Å². The van der Waals surface area contributed by atoms with Crippen LogP contribution in [0.25, 0.3) is 5.76 Å². The first-order chi connectivity index (χ1) is 7.47. The fourth-order valence-electron chi connectivity index (χ4n) is 1.49. The van der Waals surface area contributed by atoms with Gasteiger partial charge in [-0.3, -0.25) is 0 Å². The van der Waals surface area contributed by atoms with Crippen molar-refractivity contribution in [3.63, 3.8) is 0 Å². The molecule has 0 aromatic heterocycles. The molecule has 1 aromatic carbocycles. The fraction of sp³-hybridized carbons (Fsp3) is 0.231. The van der Waals surface area contributed by atoms with Crippen molar-refractivity contribution >= 4 is 21.7 Å². The highest BCUT2D eigenvalue weighted by molar-refractivity contribution is 9.10. The van der Waals surface area contributed by atoms with Crippen LogP contribution in [0, 0.1) is 13.8 Å². The smallest absolute Gasteiger partial charge is 0.130 e. The Morgan fingerprint density at radius 1 is 1.44 bits per heavy atom. The molecule has 1 rings (SSSR count). The SMILES string of the molecule is C=C(O)/C=C(/OC)c1ccc(C)c(Br)c1C. The topological polar surface area (TPSA) is 29.5 Å². The first-order valence-electron chi connectivity index (χ1n) is 4.87. The van der Waals surface area contributed by atoms with Crippen LogP contribution in [0.2, 0.25) is 0 Å². The molecule has 86 valence electrons. The molecule has 0 aliphatic rings. The average Bonchev–Trinajstić information content (AvgIpc) is 2.23. The average molecular weight is 283 g/mol. The maximum Gasteiger partial charge on any atom is 0.130 e. The Balaban J connectivity index is 3.32. The molecule has 0 saturated heterocycles. The van der Waals surface area contributed by atoms with Crippen LogP contribution in [-0.4, -0.2) is 12.2 Å². The summed E-state index contributed by atoms with van der Waals surface area (Å²) in [6.45, 7) is 7.45. The van der Waals surface area contributed by atoms with Crippen LogP contribution in [-0.2, 0) is 4.74 Å². The standard InChI is InChI=1S/C13H15BrO2/c1-8-5-6-11(10(3)13(8)14)12(16-4)7-9(2)15/h5-7,15H,2H2,1,3-4H3/b12-7+. The predicted octanol–water partition coefficient (Wildman–Crippen LogP) is 4.12. The molecule has 0 aliphatic heterocycles. The van der Waals surface area contributed by atoms with Gasteiger partial charge in [0.1, 0.15) is 11.5 Å². The number of hydrogen-bond acceptors (Lipinski definition) is 2. The van der Waals surface area contributed by atoms with Crippen molar-refractivity contribution in [1.29, 1.82) is 0 Å². The highest BCUT2D eigenvalue weighted by Gasteiger charge is 2.09. The molecule has 0 fully saturated rings. The molecule has 0 bridgehead atoms. The zero-order valence-corrected chi connectivity index (χ0v) is 11.3. The second kappa shape index (κ2) is 5.21. The van der Waals surface area contributed by atoms with Crippen molar-refractivity contribution in [1.82, 2.24) is 0 Å². The van der Waals surface area contributed by atoms with Crippen molar-refractivity contribution in [3.8, 4) is 0 Å².